The van der Waals surface area contributed by atoms with Crippen molar-refractivity contribution in [1.29, 1.82) is 0 Å². The largest absolute Gasteiger partial charge is 0.494 e. The highest BCUT2D eigenvalue weighted by Gasteiger charge is 2.33. The molecule has 0 spiro atoms. The van der Waals surface area contributed by atoms with Crippen molar-refractivity contribution in [3.8, 4) is 5.75 Å². The number of amides is 2. The lowest BCUT2D eigenvalue weighted by Crippen LogP contribution is -2.34. The molecule has 102 valence electrons. The Morgan fingerprint density at radius 2 is 2.16 bits per heavy atom. The van der Waals surface area contributed by atoms with Crippen LogP contribution in [0.15, 0.2) is 24.3 Å². The molecular weight excluding hydrogens is 248 g/mol. The summed E-state index contributed by atoms with van der Waals surface area (Å²) in [6.07, 6.45) is 0. The highest BCUT2D eigenvalue weighted by atomic mass is 16.5. The molecule has 2 amide bonds. The summed E-state index contributed by atoms with van der Waals surface area (Å²) in [5.41, 5.74) is 0.892. The summed E-state index contributed by atoms with van der Waals surface area (Å²) in [5.74, 6) is -0.263. The minimum absolute atomic E-state index is 0.251. The standard InChI is InChI=1S/C13H16N2O4/c1-2-19-10-5-3-9(4-6-10)11-7-14-13(18)15(11)8-12(16)17/h3-6,11H,2,7-8H2,1H3,(H,14,18)(H,16,17). The topological polar surface area (TPSA) is 78.9 Å². The summed E-state index contributed by atoms with van der Waals surface area (Å²) in [6.45, 7) is 2.61. The van der Waals surface area contributed by atoms with E-state index in [4.69, 9.17) is 9.84 Å². The predicted molar refractivity (Wildman–Crippen MR) is 68.1 cm³/mol. The molecule has 1 atom stereocenters. The summed E-state index contributed by atoms with van der Waals surface area (Å²) in [7, 11) is 0. The molecule has 2 rings (SSSR count). The second-order valence-corrected chi connectivity index (χ2v) is 4.23. The van der Waals surface area contributed by atoms with E-state index in [0.29, 0.717) is 13.2 Å². The van der Waals surface area contributed by atoms with E-state index < -0.39 is 5.97 Å². The molecular formula is C13H16N2O4. The van der Waals surface area contributed by atoms with Gasteiger partial charge in [-0.25, -0.2) is 4.79 Å². The quantitative estimate of drug-likeness (QED) is 0.838. The first-order chi connectivity index (χ1) is 9.11. The van der Waals surface area contributed by atoms with Gasteiger partial charge in [0.2, 0.25) is 0 Å². The third-order valence-corrected chi connectivity index (χ3v) is 2.97. The molecule has 1 aromatic rings. The van der Waals surface area contributed by atoms with Crippen molar-refractivity contribution in [2.75, 3.05) is 19.7 Å². The van der Waals surface area contributed by atoms with E-state index in [2.05, 4.69) is 5.32 Å². The van der Waals surface area contributed by atoms with E-state index in [9.17, 15) is 9.59 Å². The number of carboxylic acid groups (broad SMARTS) is 1. The van der Waals surface area contributed by atoms with Gasteiger partial charge in [0.15, 0.2) is 0 Å². The zero-order valence-corrected chi connectivity index (χ0v) is 10.6. The van der Waals surface area contributed by atoms with E-state index in [1.165, 1.54) is 4.90 Å². The maximum absolute atomic E-state index is 11.6. The third-order valence-electron chi connectivity index (χ3n) is 2.97. The van der Waals surface area contributed by atoms with Crippen molar-refractivity contribution in [1.82, 2.24) is 10.2 Å². The van der Waals surface area contributed by atoms with Crippen LogP contribution in [0.3, 0.4) is 0 Å². The second-order valence-electron chi connectivity index (χ2n) is 4.23. The Hall–Kier alpha value is -2.24. The van der Waals surface area contributed by atoms with Crippen LogP contribution < -0.4 is 10.1 Å². The van der Waals surface area contributed by atoms with E-state index in [-0.39, 0.29) is 18.6 Å². The van der Waals surface area contributed by atoms with Crippen molar-refractivity contribution < 1.29 is 19.4 Å². The maximum Gasteiger partial charge on any atom is 0.323 e. The molecule has 0 bridgehead atoms. The summed E-state index contributed by atoms with van der Waals surface area (Å²) in [6, 6.07) is 6.75. The molecule has 1 aliphatic heterocycles. The van der Waals surface area contributed by atoms with E-state index >= 15 is 0 Å². The molecule has 2 N–H and O–H groups in total. The van der Waals surface area contributed by atoms with Gasteiger partial charge >= 0.3 is 12.0 Å². The molecule has 0 saturated carbocycles. The van der Waals surface area contributed by atoms with Crippen LogP contribution in [0.4, 0.5) is 4.79 Å². The van der Waals surface area contributed by atoms with Crippen molar-refractivity contribution in [3.63, 3.8) is 0 Å². The minimum atomic E-state index is -1.02. The van der Waals surface area contributed by atoms with Crippen LogP contribution in [-0.4, -0.2) is 41.7 Å². The number of nitrogens with zero attached hydrogens (tertiary/aromatic N) is 1. The summed E-state index contributed by atoms with van der Waals surface area (Å²) < 4.78 is 5.35. The number of carbonyl (C=O) groups is 2. The van der Waals surface area contributed by atoms with E-state index in [0.717, 1.165) is 11.3 Å². The summed E-state index contributed by atoms with van der Waals surface area (Å²) in [5, 5.41) is 11.5. The Labute approximate surface area is 111 Å². The van der Waals surface area contributed by atoms with Gasteiger partial charge in [0, 0.05) is 6.54 Å². The molecule has 0 radical (unpaired) electrons. The number of urea groups is 1. The van der Waals surface area contributed by atoms with Crippen LogP contribution in [0.1, 0.15) is 18.5 Å². The highest BCUT2D eigenvalue weighted by molar-refractivity contribution is 5.82. The minimum Gasteiger partial charge on any atom is -0.494 e. The number of rotatable bonds is 5. The van der Waals surface area contributed by atoms with E-state index in [1.807, 2.05) is 31.2 Å². The summed E-state index contributed by atoms with van der Waals surface area (Å²) in [4.78, 5) is 23.7. The smallest absolute Gasteiger partial charge is 0.323 e. The van der Waals surface area contributed by atoms with Gasteiger partial charge in [0.25, 0.3) is 0 Å². The monoisotopic (exact) mass is 264 g/mol. The molecule has 1 fully saturated rings. The molecule has 0 aromatic heterocycles. The van der Waals surface area contributed by atoms with Gasteiger partial charge in [-0.2, -0.15) is 0 Å². The Morgan fingerprint density at radius 3 is 2.74 bits per heavy atom. The predicted octanol–water partition coefficient (Wildman–Crippen LogP) is 1.24. The molecule has 1 saturated heterocycles. The van der Waals surface area contributed by atoms with Crippen LogP contribution in [0.25, 0.3) is 0 Å². The Balaban J connectivity index is 2.15. The SMILES string of the molecule is CCOc1ccc(C2CNC(=O)N2CC(=O)O)cc1. The fourth-order valence-electron chi connectivity index (χ4n) is 2.12. The third kappa shape index (κ3) is 2.96. The molecule has 19 heavy (non-hydrogen) atoms. The molecule has 1 heterocycles. The number of hydrogen-bond donors (Lipinski definition) is 2. The Kier molecular flexibility index (Phi) is 3.89. The number of nitrogens with one attached hydrogen (secondary N) is 1. The van der Waals surface area contributed by atoms with Crippen LogP contribution in [0.5, 0.6) is 5.75 Å². The first kappa shape index (κ1) is 13.2. The van der Waals surface area contributed by atoms with Gasteiger partial charge < -0.3 is 20.1 Å². The number of ether oxygens (including phenoxy) is 1. The Bertz CT molecular complexity index is 472. The van der Waals surface area contributed by atoms with Crippen LogP contribution in [0, 0.1) is 0 Å². The Morgan fingerprint density at radius 1 is 1.47 bits per heavy atom. The maximum atomic E-state index is 11.6. The number of carboxylic acids is 1. The number of hydrogen-bond acceptors (Lipinski definition) is 3. The first-order valence-corrected chi connectivity index (χ1v) is 6.11. The second kappa shape index (κ2) is 5.60. The summed E-state index contributed by atoms with van der Waals surface area (Å²) >= 11 is 0. The van der Waals surface area contributed by atoms with Crippen LogP contribution in [0.2, 0.25) is 0 Å². The van der Waals surface area contributed by atoms with Crippen LogP contribution >= 0.6 is 0 Å². The van der Waals surface area contributed by atoms with Gasteiger partial charge in [0.1, 0.15) is 12.3 Å². The zero-order chi connectivity index (χ0) is 13.8. The average Bonchev–Trinajstić information content (AvgIpc) is 2.72. The molecule has 1 aliphatic rings. The van der Waals surface area contributed by atoms with E-state index in [1.54, 1.807) is 0 Å². The normalized spacial score (nSPS) is 18.3. The van der Waals surface area contributed by atoms with Gasteiger partial charge in [-0.15, -0.1) is 0 Å². The molecule has 1 aromatic carbocycles. The molecule has 0 aliphatic carbocycles. The molecule has 6 nitrogen and oxygen atoms in total. The molecule has 1 unspecified atom stereocenters. The van der Waals surface area contributed by atoms with Crippen molar-refractivity contribution >= 4 is 12.0 Å². The lowest BCUT2D eigenvalue weighted by Gasteiger charge is -2.21. The van der Waals surface area contributed by atoms with Gasteiger partial charge in [-0.1, -0.05) is 12.1 Å². The zero-order valence-electron chi connectivity index (χ0n) is 10.6. The fraction of sp³-hybridized carbons (Fsp3) is 0.385. The molecule has 6 heteroatoms. The number of carbonyl (C=O) groups excluding carboxylic acids is 1. The van der Waals surface area contributed by atoms with Gasteiger partial charge in [-0.3, -0.25) is 4.79 Å². The van der Waals surface area contributed by atoms with Crippen molar-refractivity contribution in [3.05, 3.63) is 29.8 Å². The lowest BCUT2D eigenvalue weighted by atomic mass is 10.1. The van der Waals surface area contributed by atoms with Crippen molar-refractivity contribution in [2.24, 2.45) is 0 Å². The lowest BCUT2D eigenvalue weighted by molar-refractivity contribution is -0.137. The fourth-order valence-corrected chi connectivity index (χ4v) is 2.12. The average molecular weight is 264 g/mol. The van der Waals surface area contributed by atoms with Gasteiger partial charge in [0.05, 0.1) is 12.6 Å². The number of benzene rings is 1. The highest BCUT2D eigenvalue weighted by Crippen LogP contribution is 2.25. The first-order valence-electron chi connectivity index (χ1n) is 6.11. The van der Waals surface area contributed by atoms with Crippen LogP contribution in [-0.2, 0) is 4.79 Å². The van der Waals surface area contributed by atoms with Gasteiger partial charge in [-0.05, 0) is 24.6 Å². The number of aliphatic carboxylic acids is 1. The van der Waals surface area contributed by atoms with Crippen molar-refractivity contribution in [2.45, 2.75) is 13.0 Å².